The van der Waals surface area contributed by atoms with Gasteiger partial charge < -0.3 is 10.2 Å². The van der Waals surface area contributed by atoms with E-state index in [4.69, 9.17) is 0 Å². The SMILES string of the molecule is CN(C)[C-]1CCC2(CCNCC2)CC1.[Rh]. The van der Waals surface area contributed by atoms with Crippen molar-refractivity contribution in [3.05, 3.63) is 6.04 Å². The molecule has 1 saturated heterocycles. The van der Waals surface area contributed by atoms with Crippen LogP contribution >= 0.6 is 0 Å². The van der Waals surface area contributed by atoms with Crippen molar-refractivity contribution in [1.29, 1.82) is 0 Å². The summed E-state index contributed by atoms with van der Waals surface area (Å²) in [5, 5.41) is 3.47. The molecule has 1 saturated carbocycles. The number of rotatable bonds is 1. The first-order valence-corrected chi connectivity index (χ1v) is 5.95. The van der Waals surface area contributed by atoms with Gasteiger partial charge in [0.15, 0.2) is 0 Å². The topological polar surface area (TPSA) is 15.3 Å². The summed E-state index contributed by atoms with van der Waals surface area (Å²) in [7, 11) is 4.38. The quantitative estimate of drug-likeness (QED) is 0.588. The Hall–Kier alpha value is 0.543. The van der Waals surface area contributed by atoms with Crippen LogP contribution in [0.1, 0.15) is 38.5 Å². The Labute approximate surface area is 107 Å². The van der Waals surface area contributed by atoms with E-state index in [-0.39, 0.29) is 19.5 Å². The van der Waals surface area contributed by atoms with E-state index < -0.39 is 0 Å². The fourth-order valence-corrected chi connectivity index (χ4v) is 2.97. The molecule has 1 radical (unpaired) electrons. The predicted molar refractivity (Wildman–Crippen MR) is 59.9 cm³/mol. The van der Waals surface area contributed by atoms with E-state index in [2.05, 4.69) is 24.3 Å². The smallest absolute Gasteiger partial charge is 0 e. The molecule has 1 aliphatic carbocycles. The molecule has 0 amide bonds. The van der Waals surface area contributed by atoms with Crippen molar-refractivity contribution in [1.82, 2.24) is 10.2 Å². The molecule has 91 valence electrons. The molecule has 0 aromatic carbocycles. The zero-order chi connectivity index (χ0) is 10.0. The zero-order valence-electron chi connectivity index (χ0n) is 9.94. The third-order valence-corrected chi connectivity index (χ3v) is 4.18. The van der Waals surface area contributed by atoms with Gasteiger partial charge in [-0.05, 0) is 45.4 Å². The Morgan fingerprint density at radius 3 is 2.00 bits per heavy atom. The van der Waals surface area contributed by atoms with Crippen LogP contribution < -0.4 is 5.32 Å². The first-order chi connectivity index (χ1) is 6.72. The van der Waals surface area contributed by atoms with Crippen LogP contribution in [-0.2, 0) is 19.5 Å². The number of hydrogen-bond acceptors (Lipinski definition) is 2. The van der Waals surface area contributed by atoms with Crippen LogP contribution in [0.3, 0.4) is 0 Å². The molecule has 2 rings (SSSR count). The predicted octanol–water partition coefficient (Wildman–Crippen LogP) is 2.02. The van der Waals surface area contributed by atoms with Crippen molar-refractivity contribution < 1.29 is 19.5 Å². The second kappa shape index (κ2) is 5.75. The molecule has 0 unspecified atom stereocenters. The van der Waals surface area contributed by atoms with E-state index in [1.807, 2.05) is 0 Å². The van der Waals surface area contributed by atoms with E-state index in [1.54, 1.807) is 6.04 Å². The molecule has 0 bridgehead atoms. The van der Waals surface area contributed by atoms with Crippen LogP contribution in [0.25, 0.3) is 0 Å². The van der Waals surface area contributed by atoms with Crippen LogP contribution in [-0.4, -0.2) is 32.1 Å². The van der Waals surface area contributed by atoms with Crippen molar-refractivity contribution in [3.8, 4) is 0 Å². The van der Waals surface area contributed by atoms with E-state index in [1.165, 1.54) is 51.6 Å². The van der Waals surface area contributed by atoms with Crippen LogP contribution in [0.15, 0.2) is 0 Å². The summed E-state index contributed by atoms with van der Waals surface area (Å²) in [4.78, 5) is 2.33. The first-order valence-electron chi connectivity index (χ1n) is 5.95. The number of piperidine rings is 1. The summed E-state index contributed by atoms with van der Waals surface area (Å²) in [5.41, 5.74) is 0.713. The molecule has 1 spiro atoms. The van der Waals surface area contributed by atoms with E-state index in [0.29, 0.717) is 5.41 Å². The zero-order valence-corrected chi connectivity index (χ0v) is 11.6. The second-order valence-electron chi connectivity index (χ2n) is 5.21. The minimum atomic E-state index is 0. The Morgan fingerprint density at radius 1 is 1.00 bits per heavy atom. The Kier molecular flexibility index (Phi) is 5.21. The van der Waals surface area contributed by atoms with Crippen molar-refractivity contribution in [3.63, 3.8) is 0 Å². The van der Waals surface area contributed by atoms with Gasteiger partial charge in [0.05, 0.1) is 0 Å². The van der Waals surface area contributed by atoms with E-state index in [9.17, 15) is 0 Å². The van der Waals surface area contributed by atoms with Crippen LogP contribution in [0.4, 0.5) is 0 Å². The molecular formula is C12H23N2Rh-. The Balaban J connectivity index is 0.00000112. The summed E-state index contributed by atoms with van der Waals surface area (Å²) in [6, 6.07) is 1.66. The fraction of sp³-hybridized carbons (Fsp3) is 0.917. The van der Waals surface area contributed by atoms with Gasteiger partial charge in [0.1, 0.15) is 0 Å². The molecule has 2 nitrogen and oxygen atoms in total. The standard InChI is InChI=1S/C12H23N2.Rh/c1-14(2)11-3-5-12(6-4-11)7-9-13-10-8-12;/h13H,3-10H2,1-2H3;/q-1;. The first kappa shape index (κ1) is 13.6. The van der Waals surface area contributed by atoms with Crippen molar-refractivity contribution >= 4 is 0 Å². The molecule has 1 aliphatic heterocycles. The number of nitrogens with one attached hydrogen (secondary N) is 1. The molecular weight excluding hydrogens is 275 g/mol. The molecule has 15 heavy (non-hydrogen) atoms. The van der Waals surface area contributed by atoms with Gasteiger partial charge in [0.2, 0.25) is 0 Å². The molecule has 0 atom stereocenters. The van der Waals surface area contributed by atoms with Gasteiger partial charge in [-0.15, -0.1) is 0 Å². The fourth-order valence-electron chi connectivity index (χ4n) is 2.97. The molecule has 0 aromatic rings. The summed E-state index contributed by atoms with van der Waals surface area (Å²) in [6.45, 7) is 2.49. The van der Waals surface area contributed by atoms with E-state index in [0.717, 1.165) is 0 Å². The van der Waals surface area contributed by atoms with Gasteiger partial charge in [-0.2, -0.15) is 12.8 Å². The molecule has 1 N–H and O–H groups in total. The van der Waals surface area contributed by atoms with Crippen LogP contribution in [0.5, 0.6) is 0 Å². The number of hydrogen-bond donors (Lipinski definition) is 1. The Bertz CT molecular complexity index is 178. The van der Waals surface area contributed by atoms with Gasteiger partial charge in [0.25, 0.3) is 0 Å². The second-order valence-corrected chi connectivity index (χ2v) is 5.21. The number of nitrogens with zero attached hydrogens (tertiary/aromatic N) is 1. The summed E-state index contributed by atoms with van der Waals surface area (Å²) < 4.78 is 0. The molecule has 3 heteroatoms. The maximum absolute atomic E-state index is 3.47. The molecule has 2 aliphatic rings. The molecule has 1 heterocycles. The third-order valence-electron chi connectivity index (χ3n) is 4.18. The third kappa shape index (κ3) is 3.25. The van der Waals surface area contributed by atoms with Gasteiger partial charge >= 0.3 is 0 Å². The summed E-state index contributed by atoms with van der Waals surface area (Å²) in [6.07, 6.45) is 8.37. The minimum absolute atomic E-state index is 0. The maximum Gasteiger partial charge on any atom is 0 e. The van der Waals surface area contributed by atoms with Crippen molar-refractivity contribution in [2.75, 3.05) is 27.2 Å². The monoisotopic (exact) mass is 298 g/mol. The summed E-state index contributed by atoms with van der Waals surface area (Å²) in [5.74, 6) is 0. The molecule has 2 fully saturated rings. The van der Waals surface area contributed by atoms with Crippen LogP contribution in [0, 0.1) is 11.5 Å². The van der Waals surface area contributed by atoms with Gasteiger partial charge in [0, 0.05) is 19.5 Å². The largest absolute Gasteiger partial charge is 0.459 e. The Morgan fingerprint density at radius 2 is 1.53 bits per heavy atom. The minimum Gasteiger partial charge on any atom is -0.459 e. The van der Waals surface area contributed by atoms with Crippen LogP contribution in [0.2, 0.25) is 0 Å². The summed E-state index contributed by atoms with van der Waals surface area (Å²) >= 11 is 0. The normalized spacial score (nSPS) is 26.6. The van der Waals surface area contributed by atoms with Crippen molar-refractivity contribution in [2.45, 2.75) is 38.5 Å². The van der Waals surface area contributed by atoms with Crippen molar-refractivity contribution in [2.24, 2.45) is 5.41 Å². The maximum atomic E-state index is 3.47. The van der Waals surface area contributed by atoms with Gasteiger partial charge in [-0.1, -0.05) is 12.8 Å². The average Bonchev–Trinajstić information content (AvgIpc) is 2.19. The van der Waals surface area contributed by atoms with Gasteiger partial charge in [-0.3, -0.25) is 6.04 Å². The average molecular weight is 298 g/mol. The van der Waals surface area contributed by atoms with E-state index >= 15 is 0 Å². The van der Waals surface area contributed by atoms with Gasteiger partial charge in [-0.25, -0.2) is 0 Å². The molecule has 0 aromatic heterocycles.